The van der Waals surface area contributed by atoms with Gasteiger partial charge in [-0.25, -0.2) is 9.97 Å². The fraction of sp³-hybridized carbons (Fsp3) is 0.412. The summed E-state index contributed by atoms with van der Waals surface area (Å²) in [6.45, 7) is 6.40. The monoisotopic (exact) mass is 288 g/mol. The molecule has 0 fully saturated rings. The van der Waals surface area contributed by atoms with Gasteiger partial charge in [0.05, 0.1) is 17.0 Å². The minimum atomic E-state index is -0.131. The van der Waals surface area contributed by atoms with Crippen molar-refractivity contribution in [3.05, 3.63) is 59.2 Å². The Hall–Kier alpha value is -1.41. The van der Waals surface area contributed by atoms with Crippen molar-refractivity contribution in [3.63, 3.8) is 0 Å². The number of benzene rings is 1. The number of aryl methyl sites for hydroxylation is 1. The fourth-order valence-electron chi connectivity index (χ4n) is 2.78. The number of hydrogen-bond donors (Lipinski definition) is 0. The number of halogens is 1. The first kappa shape index (κ1) is 15.0. The maximum Gasteiger partial charge on any atom is 0.139 e. The van der Waals surface area contributed by atoms with E-state index in [1.807, 2.05) is 19.1 Å². The lowest BCUT2D eigenvalue weighted by Gasteiger charge is -2.31. The van der Waals surface area contributed by atoms with E-state index in [9.17, 15) is 0 Å². The highest BCUT2D eigenvalue weighted by Gasteiger charge is 2.33. The standard InChI is InChI=1S/C17H21ClN2/c1-4-17(5-2,14-9-7-6-8-10-14)16-19-13(3)11-15(12-18)20-16/h6-11H,4-5,12H2,1-3H3. The Morgan fingerprint density at radius 2 is 1.70 bits per heavy atom. The van der Waals surface area contributed by atoms with Crippen molar-refractivity contribution in [2.45, 2.75) is 44.9 Å². The number of alkyl halides is 1. The summed E-state index contributed by atoms with van der Waals surface area (Å²) in [5, 5.41) is 0. The maximum absolute atomic E-state index is 5.96. The van der Waals surface area contributed by atoms with Crippen LogP contribution < -0.4 is 0 Å². The number of rotatable bonds is 5. The molecular formula is C17H21ClN2. The Balaban J connectivity index is 2.62. The summed E-state index contributed by atoms with van der Waals surface area (Å²) in [6, 6.07) is 12.5. The third-order valence-corrected chi connectivity index (χ3v) is 4.28. The molecular weight excluding hydrogens is 268 g/mol. The molecule has 106 valence electrons. The highest BCUT2D eigenvalue weighted by Crippen LogP contribution is 2.36. The lowest BCUT2D eigenvalue weighted by molar-refractivity contribution is 0.446. The molecule has 0 unspecified atom stereocenters. The zero-order chi connectivity index (χ0) is 14.6. The van der Waals surface area contributed by atoms with Crippen molar-refractivity contribution in [2.24, 2.45) is 0 Å². The van der Waals surface area contributed by atoms with E-state index in [4.69, 9.17) is 21.6 Å². The highest BCUT2D eigenvalue weighted by atomic mass is 35.5. The van der Waals surface area contributed by atoms with Crippen molar-refractivity contribution in [1.82, 2.24) is 9.97 Å². The Labute approximate surface area is 126 Å². The summed E-state index contributed by atoms with van der Waals surface area (Å²) in [6.07, 6.45) is 1.94. The average molecular weight is 289 g/mol. The lowest BCUT2D eigenvalue weighted by atomic mass is 9.75. The molecule has 1 heterocycles. The van der Waals surface area contributed by atoms with Crippen LogP contribution in [0.1, 0.15) is 49.5 Å². The van der Waals surface area contributed by atoms with Gasteiger partial charge < -0.3 is 0 Å². The van der Waals surface area contributed by atoms with Crippen LogP contribution in [-0.2, 0) is 11.3 Å². The van der Waals surface area contributed by atoms with Crippen molar-refractivity contribution >= 4 is 11.6 Å². The molecule has 0 saturated heterocycles. The Morgan fingerprint density at radius 3 is 2.25 bits per heavy atom. The molecule has 0 saturated carbocycles. The van der Waals surface area contributed by atoms with E-state index in [1.54, 1.807) is 0 Å². The summed E-state index contributed by atoms with van der Waals surface area (Å²) < 4.78 is 0. The Bertz CT molecular complexity index is 562. The zero-order valence-corrected chi connectivity index (χ0v) is 13.1. The zero-order valence-electron chi connectivity index (χ0n) is 12.4. The van der Waals surface area contributed by atoms with E-state index >= 15 is 0 Å². The van der Waals surface area contributed by atoms with Gasteiger partial charge in [0.2, 0.25) is 0 Å². The first-order valence-electron chi connectivity index (χ1n) is 7.12. The van der Waals surface area contributed by atoms with E-state index < -0.39 is 0 Å². The quantitative estimate of drug-likeness (QED) is 0.750. The molecule has 0 aliphatic rings. The first-order valence-corrected chi connectivity index (χ1v) is 7.66. The summed E-state index contributed by atoms with van der Waals surface area (Å²) in [4.78, 5) is 9.40. The van der Waals surface area contributed by atoms with Gasteiger partial charge in [-0.05, 0) is 31.4 Å². The van der Waals surface area contributed by atoms with Gasteiger partial charge in [-0.2, -0.15) is 0 Å². The van der Waals surface area contributed by atoms with E-state index in [0.717, 1.165) is 30.1 Å². The van der Waals surface area contributed by atoms with Crippen LogP contribution in [0.2, 0.25) is 0 Å². The summed E-state index contributed by atoms with van der Waals surface area (Å²) in [5.74, 6) is 1.32. The van der Waals surface area contributed by atoms with E-state index in [0.29, 0.717) is 5.88 Å². The highest BCUT2D eigenvalue weighted by molar-refractivity contribution is 6.16. The molecule has 1 aromatic heterocycles. The van der Waals surface area contributed by atoms with Crippen LogP contribution >= 0.6 is 11.6 Å². The van der Waals surface area contributed by atoms with Gasteiger partial charge in [0.1, 0.15) is 5.82 Å². The number of nitrogens with zero attached hydrogens (tertiary/aromatic N) is 2. The third-order valence-electron chi connectivity index (χ3n) is 4.01. The molecule has 0 radical (unpaired) electrons. The van der Waals surface area contributed by atoms with E-state index in [-0.39, 0.29) is 5.41 Å². The molecule has 0 aliphatic carbocycles. The largest absolute Gasteiger partial charge is 0.237 e. The summed E-state index contributed by atoms with van der Waals surface area (Å²) in [5.41, 5.74) is 3.02. The molecule has 0 amide bonds. The van der Waals surface area contributed by atoms with Crippen molar-refractivity contribution in [2.75, 3.05) is 0 Å². The molecule has 2 nitrogen and oxygen atoms in total. The summed E-state index contributed by atoms with van der Waals surface area (Å²) in [7, 11) is 0. The van der Waals surface area contributed by atoms with Crippen LogP contribution in [0.4, 0.5) is 0 Å². The van der Waals surface area contributed by atoms with Crippen LogP contribution in [0, 0.1) is 6.92 Å². The Kier molecular flexibility index (Phi) is 4.77. The first-order chi connectivity index (χ1) is 9.66. The van der Waals surface area contributed by atoms with Crippen LogP contribution in [-0.4, -0.2) is 9.97 Å². The fourth-order valence-corrected chi connectivity index (χ4v) is 2.91. The van der Waals surface area contributed by atoms with Gasteiger partial charge in [-0.15, -0.1) is 11.6 Å². The Morgan fingerprint density at radius 1 is 1.05 bits per heavy atom. The van der Waals surface area contributed by atoms with Crippen molar-refractivity contribution in [1.29, 1.82) is 0 Å². The van der Waals surface area contributed by atoms with Crippen LogP contribution in [0.5, 0.6) is 0 Å². The molecule has 1 aromatic carbocycles. The predicted octanol–water partition coefficient (Wildman–Crippen LogP) is 4.63. The molecule has 2 rings (SSSR count). The minimum Gasteiger partial charge on any atom is -0.237 e. The molecule has 3 heteroatoms. The van der Waals surface area contributed by atoms with Gasteiger partial charge in [-0.3, -0.25) is 0 Å². The van der Waals surface area contributed by atoms with Crippen LogP contribution in [0.3, 0.4) is 0 Å². The maximum atomic E-state index is 5.96. The molecule has 0 aliphatic heterocycles. The minimum absolute atomic E-state index is 0.131. The van der Waals surface area contributed by atoms with Gasteiger partial charge in [0.25, 0.3) is 0 Å². The molecule has 0 N–H and O–H groups in total. The number of hydrogen-bond acceptors (Lipinski definition) is 2. The average Bonchev–Trinajstić information content (AvgIpc) is 2.49. The lowest BCUT2D eigenvalue weighted by Crippen LogP contribution is -2.29. The van der Waals surface area contributed by atoms with Gasteiger partial charge >= 0.3 is 0 Å². The predicted molar refractivity (Wildman–Crippen MR) is 84.1 cm³/mol. The third kappa shape index (κ3) is 2.71. The molecule has 0 bridgehead atoms. The normalized spacial score (nSPS) is 11.6. The molecule has 0 spiro atoms. The van der Waals surface area contributed by atoms with E-state index in [1.165, 1.54) is 5.56 Å². The second-order valence-electron chi connectivity index (χ2n) is 5.11. The van der Waals surface area contributed by atoms with Crippen LogP contribution in [0.15, 0.2) is 36.4 Å². The van der Waals surface area contributed by atoms with Crippen LogP contribution in [0.25, 0.3) is 0 Å². The topological polar surface area (TPSA) is 25.8 Å². The van der Waals surface area contributed by atoms with Gasteiger partial charge in [0.15, 0.2) is 0 Å². The molecule has 2 aromatic rings. The number of aromatic nitrogens is 2. The van der Waals surface area contributed by atoms with Crippen molar-refractivity contribution < 1.29 is 0 Å². The molecule has 20 heavy (non-hydrogen) atoms. The SMILES string of the molecule is CCC(CC)(c1ccccc1)c1nc(C)cc(CCl)n1. The summed E-state index contributed by atoms with van der Waals surface area (Å²) >= 11 is 5.96. The second kappa shape index (κ2) is 6.36. The van der Waals surface area contributed by atoms with Gasteiger partial charge in [0, 0.05) is 5.69 Å². The second-order valence-corrected chi connectivity index (χ2v) is 5.38. The molecule has 0 atom stereocenters. The van der Waals surface area contributed by atoms with Gasteiger partial charge in [-0.1, -0.05) is 44.2 Å². The smallest absolute Gasteiger partial charge is 0.139 e. The van der Waals surface area contributed by atoms with E-state index in [2.05, 4.69) is 38.1 Å². The van der Waals surface area contributed by atoms with Crippen molar-refractivity contribution in [3.8, 4) is 0 Å².